The van der Waals surface area contributed by atoms with Crippen molar-refractivity contribution in [1.29, 1.82) is 0 Å². The maximum atomic E-state index is 12.2. The summed E-state index contributed by atoms with van der Waals surface area (Å²) >= 11 is 5.89. The lowest BCUT2D eigenvalue weighted by molar-refractivity contribution is 0.102. The number of urea groups is 1. The number of carbonyl (C=O) groups is 2. The summed E-state index contributed by atoms with van der Waals surface area (Å²) in [5.41, 5.74) is 1.74. The molecule has 1 aliphatic rings. The van der Waals surface area contributed by atoms with Crippen molar-refractivity contribution in [2.75, 3.05) is 23.8 Å². The van der Waals surface area contributed by atoms with E-state index in [1.54, 1.807) is 48.5 Å². The number of nitrogens with one attached hydrogen (secondary N) is 3. The first-order valence-electron chi connectivity index (χ1n) is 8.43. The fourth-order valence-electron chi connectivity index (χ4n) is 2.66. The number of hydrogen-bond donors (Lipinski definition) is 3. The van der Waals surface area contributed by atoms with E-state index in [1.165, 1.54) is 0 Å². The molecule has 1 aliphatic heterocycles. The molecule has 2 aromatic rings. The van der Waals surface area contributed by atoms with Crippen molar-refractivity contribution in [3.8, 4) is 0 Å². The summed E-state index contributed by atoms with van der Waals surface area (Å²) in [5.74, 6) is -0.248. The molecule has 136 valence electrons. The molecular weight excluding hydrogens is 354 g/mol. The molecule has 26 heavy (non-hydrogen) atoms. The third-order valence-corrected chi connectivity index (χ3v) is 4.24. The Morgan fingerprint density at radius 1 is 1.08 bits per heavy atom. The molecule has 7 heteroatoms. The maximum absolute atomic E-state index is 12.2. The van der Waals surface area contributed by atoms with E-state index in [9.17, 15) is 9.59 Å². The van der Waals surface area contributed by atoms with Crippen LogP contribution in [0.2, 0.25) is 5.02 Å². The van der Waals surface area contributed by atoms with Gasteiger partial charge in [0.2, 0.25) is 0 Å². The highest BCUT2D eigenvalue weighted by Crippen LogP contribution is 2.16. The van der Waals surface area contributed by atoms with Crippen LogP contribution in [0.3, 0.4) is 0 Å². The summed E-state index contributed by atoms with van der Waals surface area (Å²) in [4.78, 5) is 24.1. The van der Waals surface area contributed by atoms with E-state index in [0.717, 1.165) is 19.4 Å². The van der Waals surface area contributed by atoms with Gasteiger partial charge in [0.1, 0.15) is 0 Å². The SMILES string of the molecule is O=C(NCC1CCCO1)Nc1ccc(NC(=O)c2cccc(Cl)c2)cc1. The number of rotatable bonds is 5. The minimum Gasteiger partial charge on any atom is -0.376 e. The van der Waals surface area contributed by atoms with Crippen LogP contribution in [0, 0.1) is 0 Å². The molecule has 0 saturated carbocycles. The molecule has 1 saturated heterocycles. The van der Waals surface area contributed by atoms with Crippen molar-refractivity contribution >= 4 is 34.9 Å². The van der Waals surface area contributed by atoms with Gasteiger partial charge in [-0.15, -0.1) is 0 Å². The first-order valence-corrected chi connectivity index (χ1v) is 8.81. The smallest absolute Gasteiger partial charge is 0.319 e. The van der Waals surface area contributed by atoms with E-state index in [2.05, 4.69) is 16.0 Å². The first-order chi connectivity index (χ1) is 12.6. The molecule has 2 aromatic carbocycles. The van der Waals surface area contributed by atoms with E-state index >= 15 is 0 Å². The van der Waals surface area contributed by atoms with Gasteiger partial charge in [0.25, 0.3) is 5.91 Å². The Bertz CT molecular complexity index is 774. The van der Waals surface area contributed by atoms with Gasteiger partial charge >= 0.3 is 6.03 Å². The number of carbonyl (C=O) groups excluding carboxylic acids is 2. The zero-order valence-electron chi connectivity index (χ0n) is 14.1. The molecule has 1 fully saturated rings. The number of benzene rings is 2. The minimum atomic E-state index is -0.281. The summed E-state index contributed by atoms with van der Waals surface area (Å²) in [6.45, 7) is 1.26. The van der Waals surface area contributed by atoms with Crippen LogP contribution in [0.25, 0.3) is 0 Å². The molecular formula is C19H20ClN3O3. The molecule has 3 N–H and O–H groups in total. The topological polar surface area (TPSA) is 79.5 Å². The van der Waals surface area contributed by atoms with E-state index in [0.29, 0.717) is 28.5 Å². The average molecular weight is 374 g/mol. The Labute approximate surface area is 156 Å². The van der Waals surface area contributed by atoms with Gasteiger partial charge in [-0.05, 0) is 55.3 Å². The van der Waals surface area contributed by atoms with Crippen molar-refractivity contribution in [3.63, 3.8) is 0 Å². The predicted molar refractivity (Wildman–Crippen MR) is 102 cm³/mol. The molecule has 0 aliphatic carbocycles. The molecule has 0 spiro atoms. The molecule has 1 atom stereocenters. The fourth-order valence-corrected chi connectivity index (χ4v) is 2.85. The van der Waals surface area contributed by atoms with Crippen molar-refractivity contribution in [1.82, 2.24) is 5.32 Å². The minimum absolute atomic E-state index is 0.102. The average Bonchev–Trinajstić information content (AvgIpc) is 3.15. The molecule has 3 amide bonds. The second-order valence-electron chi connectivity index (χ2n) is 6.01. The summed E-state index contributed by atoms with van der Waals surface area (Å²) in [6.07, 6.45) is 2.11. The Morgan fingerprint density at radius 3 is 2.46 bits per heavy atom. The van der Waals surface area contributed by atoms with Gasteiger partial charge in [0, 0.05) is 35.1 Å². The Kier molecular flexibility index (Phi) is 6.09. The first kappa shape index (κ1) is 18.2. The zero-order chi connectivity index (χ0) is 18.4. The van der Waals surface area contributed by atoms with Crippen LogP contribution < -0.4 is 16.0 Å². The molecule has 0 aromatic heterocycles. The number of ether oxygens (including phenoxy) is 1. The number of amides is 3. The van der Waals surface area contributed by atoms with E-state index in [-0.39, 0.29) is 18.0 Å². The lowest BCUT2D eigenvalue weighted by Crippen LogP contribution is -2.35. The summed E-state index contributed by atoms with van der Waals surface area (Å²) in [7, 11) is 0. The summed E-state index contributed by atoms with van der Waals surface area (Å²) in [5, 5.41) is 8.83. The van der Waals surface area contributed by atoms with Crippen LogP contribution >= 0.6 is 11.6 Å². The van der Waals surface area contributed by atoms with Gasteiger partial charge in [-0.1, -0.05) is 17.7 Å². The highest BCUT2D eigenvalue weighted by atomic mass is 35.5. The van der Waals surface area contributed by atoms with Gasteiger partial charge in [-0.25, -0.2) is 4.79 Å². The van der Waals surface area contributed by atoms with Crippen molar-refractivity contribution < 1.29 is 14.3 Å². The Balaban J connectivity index is 1.49. The lowest BCUT2D eigenvalue weighted by atomic mass is 10.2. The normalized spacial score (nSPS) is 16.1. The Hall–Kier alpha value is -2.57. The van der Waals surface area contributed by atoms with Crippen LogP contribution in [0.4, 0.5) is 16.2 Å². The van der Waals surface area contributed by atoms with Crippen LogP contribution in [-0.4, -0.2) is 31.2 Å². The lowest BCUT2D eigenvalue weighted by Gasteiger charge is -2.12. The third-order valence-electron chi connectivity index (χ3n) is 4.00. The Morgan fingerprint density at radius 2 is 1.81 bits per heavy atom. The molecule has 1 heterocycles. The largest absolute Gasteiger partial charge is 0.376 e. The highest BCUT2D eigenvalue weighted by Gasteiger charge is 2.16. The molecule has 0 radical (unpaired) electrons. The number of anilines is 2. The second kappa shape index (κ2) is 8.69. The van der Waals surface area contributed by atoms with Crippen LogP contribution in [-0.2, 0) is 4.74 Å². The van der Waals surface area contributed by atoms with Crippen molar-refractivity contribution in [3.05, 3.63) is 59.1 Å². The third kappa shape index (κ3) is 5.21. The van der Waals surface area contributed by atoms with Gasteiger partial charge in [0.15, 0.2) is 0 Å². The van der Waals surface area contributed by atoms with E-state index in [1.807, 2.05) is 0 Å². The molecule has 6 nitrogen and oxygen atoms in total. The molecule has 1 unspecified atom stereocenters. The van der Waals surface area contributed by atoms with Crippen LogP contribution in [0.1, 0.15) is 23.2 Å². The maximum Gasteiger partial charge on any atom is 0.319 e. The van der Waals surface area contributed by atoms with Gasteiger partial charge in [0.05, 0.1) is 6.10 Å². The van der Waals surface area contributed by atoms with Crippen molar-refractivity contribution in [2.45, 2.75) is 18.9 Å². The van der Waals surface area contributed by atoms with Crippen LogP contribution in [0.15, 0.2) is 48.5 Å². The van der Waals surface area contributed by atoms with Gasteiger partial charge < -0.3 is 20.7 Å². The van der Waals surface area contributed by atoms with E-state index in [4.69, 9.17) is 16.3 Å². The van der Waals surface area contributed by atoms with Gasteiger partial charge in [-0.2, -0.15) is 0 Å². The van der Waals surface area contributed by atoms with Gasteiger partial charge in [-0.3, -0.25) is 4.79 Å². The second-order valence-corrected chi connectivity index (χ2v) is 6.45. The summed E-state index contributed by atoms with van der Waals surface area (Å²) in [6, 6.07) is 13.3. The van der Waals surface area contributed by atoms with Crippen LogP contribution in [0.5, 0.6) is 0 Å². The standard InChI is InChI=1S/C19H20ClN3O3/c20-14-4-1-3-13(11-14)18(24)22-15-6-8-16(9-7-15)23-19(25)21-12-17-5-2-10-26-17/h1,3-4,6-9,11,17H,2,5,10,12H2,(H,22,24)(H2,21,23,25). The highest BCUT2D eigenvalue weighted by molar-refractivity contribution is 6.31. The van der Waals surface area contributed by atoms with E-state index < -0.39 is 0 Å². The van der Waals surface area contributed by atoms with Crippen molar-refractivity contribution in [2.24, 2.45) is 0 Å². The zero-order valence-corrected chi connectivity index (χ0v) is 14.9. The number of halogens is 1. The quantitative estimate of drug-likeness (QED) is 0.743. The summed E-state index contributed by atoms with van der Waals surface area (Å²) < 4.78 is 5.46. The monoisotopic (exact) mass is 373 g/mol. The number of hydrogen-bond acceptors (Lipinski definition) is 3. The predicted octanol–water partition coefficient (Wildman–Crippen LogP) is 3.89. The fraction of sp³-hybridized carbons (Fsp3) is 0.263. The molecule has 0 bridgehead atoms. The molecule has 3 rings (SSSR count).